The van der Waals surface area contributed by atoms with Crippen molar-refractivity contribution < 1.29 is 18.7 Å². The van der Waals surface area contributed by atoms with Gasteiger partial charge in [-0.15, -0.1) is 5.10 Å². The number of nitrogens with zero attached hydrogens (tertiary/aromatic N) is 3. The summed E-state index contributed by atoms with van der Waals surface area (Å²) in [7, 11) is 3.15. The molecule has 0 saturated heterocycles. The van der Waals surface area contributed by atoms with Gasteiger partial charge in [0.05, 0.1) is 14.2 Å². The summed E-state index contributed by atoms with van der Waals surface area (Å²) in [5, 5.41) is 6.99. The molecule has 0 saturated carbocycles. The molecule has 9 heteroatoms. The van der Waals surface area contributed by atoms with Crippen LogP contribution < -0.4 is 14.8 Å². The number of ether oxygens (including phenoxy) is 2. The number of hydrogen-bond donors (Lipinski definition) is 1. The first-order valence-corrected chi connectivity index (χ1v) is 9.03. The zero-order chi connectivity index (χ0) is 19.7. The van der Waals surface area contributed by atoms with Gasteiger partial charge in [-0.1, -0.05) is 12.1 Å². The lowest BCUT2D eigenvalue weighted by Crippen LogP contribution is -2.12. The molecule has 0 aliphatic carbocycles. The molecule has 3 aromatic heterocycles. The molecule has 0 bridgehead atoms. The van der Waals surface area contributed by atoms with Gasteiger partial charge in [-0.05, 0) is 51.8 Å². The number of carbonyl (C=O) groups excluding carboxylic acids is 1. The predicted octanol–water partition coefficient (Wildman–Crippen LogP) is 4.02. The molecule has 8 nitrogen and oxygen atoms in total. The number of aromatic nitrogens is 3. The van der Waals surface area contributed by atoms with Gasteiger partial charge in [0.1, 0.15) is 5.75 Å². The SMILES string of the molecule is COc1cccc(-c2ccc(OC)n3nc(NC(=O)c4ccc(Br)o4)nc23)c1. The van der Waals surface area contributed by atoms with Crippen molar-refractivity contribution in [1.29, 1.82) is 0 Å². The Kier molecular flexibility index (Phi) is 4.74. The molecule has 0 aliphatic heterocycles. The summed E-state index contributed by atoms with van der Waals surface area (Å²) in [4.78, 5) is 16.8. The maximum Gasteiger partial charge on any atom is 0.293 e. The molecule has 0 atom stereocenters. The lowest BCUT2D eigenvalue weighted by atomic mass is 10.1. The lowest BCUT2D eigenvalue weighted by Gasteiger charge is -2.08. The van der Waals surface area contributed by atoms with Gasteiger partial charge < -0.3 is 13.9 Å². The third-order valence-corrected chi connectivity index (χ3v) is 4.49. The molecule has 1 N–H and O–H groups in total. The molecule has 28 heavy (non-hydrogen) atoms. The Bertz CT molecular complexity index is 1170. The highest BCUT2D eigenvalue weighted by molar-refractivity contribution is 9.10. The second-order valence-electron chi connectivity index (χ2n) is 5.75. The number of rotatable bonds is 5. The summed E-state index contributed by atoms with van der Waals surface area (Å²) < 4.78 is 17.9. The summed E-state index contributed by atoms with van der Waals surface area (Å²) >= 11 is 3.17. The largest absolute Gasteiger partial charge is 0.497 e. The zero-order valence-electron chi connectivity index (χ0n) is 15.0. The first kappa shape index (κ1) is 18.1. The van der Waals surface area contributed by atoms with Crippen molar-refractivity contribution in [1.82, 2.24) is 14.6 Å². The second kappa shape index (κ2) is 7.35. The van der Waals surface area contributed by atoms with Gasteiger partial charge in [-0.25, -0.2) is 0 Å². The van der Waals surface area contributed by atoms with E-state index < -0.39 is 5.91 Å². The molecule has 0 fully saturated rings. The number of furan rings is 1. The second-order valence-corrected chi connectivity index (χ2v) is 6.53. The van der Waals surface area contributed by atoms with Crippen molar-refractivity contribution >= 4 is 33.4 Å². The minimum Gasteiger partial charge on any atom is -0.497 e. The maximum atomic E-state index is 12.3. The van der Waals surface area contributed by atoms with Crippen molar-refractivity contribution in [3.63, 3.8) is 0 Å². The first-order chi connectivity index (χ1) is 13.6. The van der Waals surface area contributed by atoms with Crippen LogP contribution in [0.25, 0.3) is 16.8 Å². The number of nitrogens with one attached hydrogen (secondary N) is 1. The molecular weight excluding hydrogens is 428 g/mol. The number of hydrogen-bond acceptors (Lipinski definition) is 6. The summed E-state index contributed by atoms with van der Waals surface area (Å²) in [5.41, 5.74) is 2.24. The molecule has 4 rings (SSSR count). The normalized spacial score (nSPS) is 10.8. The van der Waals surface area contributed by atoms with E-state index in [1.165, 1.54) is 4.52 Å². The van der Waals surface area contributed by atoms with E-state index in [-0.39, 0.29) is 11.7 Å². The van der Waals surface area contributed by atoms with Crippen LogP contribution in [0.3, 0.4) is 0 Å². The fourth-order valence-corrected chi connectivity index (χ4v) is 3.07. The van der Waals surface area contributed by atoms with Crippen LogP contribution in [0.5, 0.6) is 11.6 Å². The minimum absolute atomic E-state index is 0.131. The monoisotopic (exact) mass is 442 g/mol. The third-order valence-electron chi connectivity index (χ3n) is 4.06. The number of methoxy groups -OCH3 is 2. The molecule has 0 unspecified atom stereocenters. The molecule has 1 aromatic carbocycles. The molecule has 0 radical (unpaired) electrons. The molecule has 0 aliphatic rings. The number of fused-ring (bicyclic) bond motifs is 1. The van der Waals surface area contributed by atoms with Gasteiger partial charge in [0, 0.05) is 11.6 Å². The van der Waals surface area contributed by atoms with Crippen molar-refractivity contribution in [2.24, 2.45) is 0 Å². The van der Waals surface area contributed by atoms with E-state index in [1.54, 1.807) is 32.4 Å². The molecular formula is C19H15BrN4O4. The Morgan fingerprint density at radius 1 is 1.14 bits per heavy atom. The van der Waals surface area contributed by atoms with Gasteiger partial charge in [-0.2, -0.15) is 9.50 Å². The Labute approximate surface area is 168 Å². The van der Waals surface area contributed by atoms with E-state index in [4.69, 9.17) is 13.9 Å². The molecule has 3 heterocycles. The van der Waals surface area contributed by atoms with Crippen molar-refractivity contribution in [3.8, 4) is 22.8 Å². The van der Waals surface area contributed by atoms with Crippen LogP contribution in [-0.4, -0.2) is 34.7 Å². The smallest absolute Gasteiger partial charge is 0.293 e. The van der Waals surface area contributed by atoms with Crippen molar-refractivity contribution in [2.45, 2.75) is 0 Å². The summed E-state index contributed by atoms with van der Waals surface area (Å²) in [5.74, 6) is 1.03. The fraction of sp³-hybridized carbons (Fsp3) is 0.105. The molecule has 142 valence electrons. The van der Waals surface area contributed by atoms with E-state index in [1.807, 2.05) is 30.3 Å². The summed E-state index contributed by atoms with van der Waals surface area (Å²) in [6.45, 7) is 0. The van der Waals surface area contributed by atoms with E-state index >= 15 is 0 Å². The van der Waals surface area contributed by atoms with E-state index in [2.05, 4.69) is 31.3 Å². The lowest BCUT2D eigenvalue weighted by molar-refractivity contribution is 0.0994. The highest BCUT2D eigenvalue weighted by Crippen LogP contribution is 2.30. The van der Waals surface area contributed by atoms with Crippen LogP contribution in [0.2, 0.25) is 0 Å². The van der Waals surface area contributed by atoms with Crippen LogP contribution in [0.15, 0.2) is 57.6 Å². The number of amides is 1. The van der Waals surface area contributed by atoms with Gasteiger partial charge in [0.25, 0.3) is 5.91 Å². The number of halogens is 1. The van der Waals surface area contributed by atoms with Crippen molar-refractivity contribution in [3.05, 3.63) is 59.0 Å². The standard InChI is InChI=1S/C19H15BrN4O4/c1-26-12-5-3-4-11(10-12)13-6-9-16(27-2)24-17(13)21-19(23-24)22-18(25)14-7-8-15(20)28-14/h3-10H,1-2H3,(H,22,23,25). The summed E-state index contributed by atoms with van der Waals surface area (Å²) in [6, 6.07) is 14.4. The number of benzene rings is 1. The van der Waals surface area contributed by atoms with E-state index in [9.17, 15) is 4.79 Å². The van der Waals surface area contributed by atoms with Crippen LogP contribution in [0.1, 0.15) is 10.6 Å². The Morgan fingerprint density at radius 3 is 2.71 bits per heavy atom. The van der Waals surface area contributed by atoms with Gasteiger partial charge in [0.2, 0.25) is 11.8 Å². The minimum atomic E-state index is -0.455. The fourth-order valence-electron chi connectivity index (χ4n) is 2.76. The highest BCUT2D eigenvalue weighted by atomic mass is 79.9. The number of carbonyl (C=O) groups is 1. The van der Waals surface area contributed by atoms with E-state index in [0.29, 0.717) is 16.2 Å². The van der Waals surface area contributed by atoms with Crippen molar-refractivity contribution in [2.75, 3.05) is 19.5 Å². The Balaban J connectivity index is 1.77. The third kappa shape index (κ3) is 3.31. The van der Waals surface area contributed by atoms with Gasteiger partial charge in [0.15, 0.2) is 16.1 Å². The molecule has 1 amide bonds. The molecule has 4 aromatic rings. The summed E-state index contributed by atoms with van der Waals surface area (Å²) in [6.07, 6.45) is 0. The highest BCUT2D eigenvalue weighted by Gasteiger charge is 2.17. The van der Waals surface area contributed by atoms with Gasteiger partial charge in [-0.3, -0.25) is 10.1 Å². The van der Waals surface area contributed by atoms with Crippen LogP contribution in [-0.2, 0) is 0 Å². The Morgan fingerprint density at radius 2 is 2.00 bits per heavy atom. The average Bonchev–Trinajstić information content (AvgIpc) is 3.33. The number of anilines is 1. The average molecular weight is 443 g/mol. The van der Waals surface area contributed by atoms with Crippen LogP contribution >= 0.6 is 15.9 Å². The van der Waals surface area contributed by atoms with Gasteiger partial charge >= 0.3 is 0 Å². The van der Waals surface area contributed by atoms with E-state index in [0.717, 1.165) is 16.9 Å². The van der Waals surface area contributed by atoms with Crippen LogP contribution in [0.4, 0.5) is 5.95 Å². The quantitative estimate of drug-likeness (QED) is 0.501. The maximum absolute atomic E-state index is 12.3. The number of pyridine rings is 1. The molecule has 0 spiro atoms. The van der Waals surface area contributed by atoms with Crippen LogP contribution in [0, 0.1) is 0 Å². The topological polar surface area (TPSA) is 90.9 Å². The zero-order valence-corrected chi connectivity index (χ0v) is 16.6. The Hall–Kier alpha value is -3.33. The first-order valence-electron chi connectivity index (χ1n) is 8.24. The predicted molar refractivity (Wildman–Crippen MR) is 106 cm³/mol.